The summed E-state index contributed by atoms with van der Waals surface area (Å²) in [6.07, 6.45) is 1.67. The molecule has 2 aromatic heterocycles. The fourth-order valence-corrected chi connectivity index (χ4v) is 4.13. The Morgan fingerprint density at radius 2 is 2.00 bits per heavy atom. The lowest BCUT2D eigenvalue weighted by atomic mass is 10.1. The average Bonchev–Trinajstić information content (AvgIpc) is 3.20. The van der Waals surface area contributed by atoms with Gasteiger partial charge in [0.15, 0.2) is 5.13 Å². The molecule has 0 radical (unpaired) electrons. The molecule has 0 atom stereocenters. The molecule has 0 aliphatic heterocycles. The molecule has 1 amide bonds. The second-order valence-electron chi connectivity index (χ2n) is 6.72. The highest BCUT2D eigenvalue weighted by molar-refractivity contribution is 7.22. The van der Waals surface area contributed by atoms with E-state index in [1.165, 1.54) is 5.56 Å². The number of carbonyl (C=O) groups is 1. The van der Waals surface area contributed by atoms with Crippen molar-refractivity contribution in [1.82, 2.24) is 19.7 Å². The molecule has 7 heteroatoms. The lowest BCUT2D eigenvalue weighted by molar-refractivity contribution is 0.0975. The van der Waals surface area contributed by atoms with E-state index in [4.69, 9.17) is 4.98 Å². The Hall–Kier alpha value is -2.25. The number of carbonyl (C=O) groups excluding carboxylic acids is 1. The molecule has 0 bridgehead atoms. The third-order valence-electron chi connectivity index (χ3n) is 4.30. The number of aromatic nitrogens is 3. The molecule has 26 heavy (non-hydrogen) atoms. The summed E-state index contributed by atoms with van der Waals surface area (Å²) in [6.45, 7) is 8.14. The van der Waals surface area contributed by atoms with Crippen LogP contribution in [0.25, 0.3) is 10.2 Å². The van der Waals surface area contributed by atoms with Gasteiger partial charge in [0.2, 0.25) is 0 Å². The molecule has 0 saturated carbocycles. The highest BCUT2D eigenvalue weighted by Crippen LogP contribution is 2.32. The van der Waals surface area contributed by atoms with Crippen molar-refractivity contribution in [2.75, 3.05) is 32.1 Å². The first kappa shape index (κ1) is 18.5. The minimum atomic E-state index is -0.0559. The molecule has 0 unspecified atom stereocenters. The molecular formula is C19H25N5OS. The zero-order valence-corrected chi connectivity index (χ0v) is 16.8. The molecule has 3 rings (SSSR count). The molecule has 6 nitrogen and oxygen atoms in total. The van der Waals surface area contributed by atoms with E-state index >= 15 is 0 Å². The van der Waals surface area contributed by atoms with Crippen molar-refractivity contribution in [2.45, 2.75) is 27.3 Å². The van der Waals surface area contributed by atoms with Gasteiger partial charge in [0.1, 0.15) is 5.69 Å². The van der Waals surface area contributed by atoms with Crippen LogP contribution >= 0.6 is 11.3 Å². The molecular weight excluding hydrogens is 346 g/mol. The molecule has 0 spiro atoms. The van der Waals surface area contributed by atoms with E-state index < -0.39 is 0 Å². The normalized spacial score (nSPS) is 11.5. The van der Waals surface area contributed by atoms with Gasteiger partial charge in [-0.25, -0.2) is 4.98 Å². The molecule has 0 aliphatic rings. The Labute approximate surface area is 158 Å². The molecule has 0 aliphatic carbocycles. The van der Waals surface area contributed by atoms with Crippen LogP contribution in [0.1, 0.15) is 28.5 Å². The number of aryl methyl sites for hydroxylation is 3. The first-order valence-electron chi connectivity index (χ1n) is 8.77. The van der Waals surface area contributed by atoms with E-state index in [-0.39, 0.29) is 5.91 Å². The highest BCUT2D eigenvalue weighted by Gasteiger charge is 2.24. The summed E-state index contributed by atoms with van der Waals surface area (Å²) >= 11 is 1.57. The summed E-state index contributed by atoms with van der Waals surface area (Å²) in [6, 6.07) is 6.04. The number of thiazole rings is 1. The van der Waals surface area contributed by atoms with Gasteiger partial charge < -0.3 is 4.90 Å². The van der Waals surface area contributed by atoms with Crippen LogP contribution in [0.2, 0.25) is 0 Å². The van der Waals surface area contributed by atoms with E-state index in [2.05, 4.69) is 36.0 Å². The summed E-state index contributed by atoms with van der Waals surface area (Å²) < 4.78 is 2.84. The summed E-state index contributed by atoms with van der Waals surface area (Å²) in [5.74, 6) is -0.0559. The minimum absolute atomic E-state index is 0.0559. The SMILES string of the molecule is CCn1nccc1C(=O)N(CCN(C)C)c1nc2c(C)cc(C)cc2s1. The minimum Gasteiger partial charge on any atom is -0.308 e. The van der Waals surface area contributed by atoms with Crippen LogP contribution < -0.4 is 4.90 Å². The number of rotatable bonds is 6. The second kappa shape index (κ2) is 7.55. The van der Waals surface area contributed by atoms with Gasteiger partial charge in [-0.3, -0.25) is 14.4 Å². The number of hydrogen-bond donors (Lipinski definition) is 0. The monoisotopic (exact) mass is 371 g/mol. The lowest BCUT2D eigenvalue weighted by Crippen LogP contribution is -2.37. The van der Waals surface area contributed by atoms with Crippen molar-refractivity contribution >= 4 is 32.6 Å². The number of anilines is 1. The fourth-order valence-electron chi connectivity index (χ4n) is 2.96. The number of benzene rings is 1. The van der Waals surface area contributed by atoms with Crippen LogP contribution in [0, 0.1) is 13.8 Å². The number of hydrogen-bond acceptors (Lipinski definition) is 5. The van der Waals surface area contributed by atoms with Gasteiger partial charge in [0, 0.05) is 25.8 Å². The molecule has 0 saturated heterocycles. The third-order valence-corrected chi connectivity index (χ3v) is 5.33. The van der Waals surface area contributed by atoms with Crippen molar-refractivity contribution in [2.24, 2.45) is 0 Å². The van der Waals surface area contributed by atoms with E-state index in [1.54, 1.807) is 33.2 Å². The van der Waals surface area contributed by atoms with Crippen molar-refractivity contribution in [3.63, 3.8) is 0 Å². The maximum atomic E-state index is 13.2. The Bertz CT molecular complexity index is 927. The van der Waals surface area contributed by atoms with Crippen LogP contribution in [-0.4, -0.2) is 52.8 Å². The fraction of sp³-hybridized carbons (Fsp3) is 0.421. The summed E-state index contributed by atoms with van der Waals surface area (Å²) in [4.78, 5) is 21.9. The Kier molecular flexibility index (Phi) is 5.38. The van der Waals surface area contributed by atoms with E-state index in [0.29, 0.717) is 18.8 Å². The quantitative estimate of drug-likeness (QED) is 0.667. The first-order valence-corrected chi connectivity index (χ1v) is 9.58. The lowest BCUT2D eigenvalue weighted by Gasteiger charge is -2.22. The van der Waals surface area contributed by atoms with Crippen LogP contribution in [0.3, 0.4) is 0 Å². The molecule has 138 valence electrons. The zero-order valence-electron chi connectivity index (χ0n) is 16.0. The Balaban J connectivity index is 2.03. The molecule has 2 heterocycles. The van der Waals surface area contributed by atoms with E-state index in [1.807, 2.05) is 21.0 Å². The van der Waals surface area contributed by atoms with Crippen molar-refractivity contribution in [3.05, 3.63) is 41.2 Å². The van der Waals surface area contributed by atoms with E-state index in [0.717, 1.165) is 27.5 Å². The molecule has 0 N–H and O–H groups in total. The maximum absolute atomic E-state index is 13.2. The Morgan fingerprint density at radius 1 is 1.23 bits per heavy atom. The standard InChI is InChI=1S/C19H25N5OS/c1-6-24-15(7-8-20-24)18(25)23(10-9-22(4)5)19-21-17-14(3)11-13(2)12-16(17)26-19/h7-8,11-12H,6,9-10H2,1-5H3. The van der Waals surface area contributed by atoms with E-state index in [9.17, 15) is 4.79 Å². The van der Waals surface area contributed by atoms with Crippen LogP contribution in [0.4, 0.5) is 5.13 Å². The number of likely N-dealkylation sites (N-methyl/N-ethyl adjacent to an activating group) is 1. The average molecular weight is 372 g/mol. The second-order valence-corrected chi connectivity index (χ2v) is 7.73. The summed E-state index contributed by atoms with van der Waals surface area (Å²) in [5, 5.41) is 4.98. The number of amides is 1. The van der Waals surface area contributed by atoms with Gasteiger partial charge in [-0.2, -0.15) is 5.10 Å². The van der Waals surface area contributed by atoms with Crippen molar-refractivity contribution in [1.29, 1.82) is 0 Å². The molecule has 1 aromatic carbocycles. The largest absolute Gasteiger partial charge is 0.308 e. The van der Waals surface area contributed by atoms with Crippen molar-refractivity contribution < 1.29 is 4.79 Å². The predicted octanol–water partition coefficient (Wildman–Crippen LogP) is 3.34. The van der Waals surface area contributed by atoms with Gasteiger partial charge >= 0.3 is 0 Å². The van der Waals surface area contributed by atoms with Gasteiger partial charge in [-0.05, 0) is 58.1 Å². The maximum Gasteiger partial charge on any atom is 0.278 e. The summed E-state index contributed by atoms with van der Waals surface area (Å²) in [5.41, 5.74) is 3.92. The van der Waals surface area contributed by atoms with Gasteiger partial charge in [-0.1, -0.05) is 17.4 Å². The Morgan fingerprint density at radius 3 is 2.69 bits per heavy atom. The summed E-state index contributed by atoms with van der Waals surface area (Å²) in [7, 11) is 4.01. The van der Waals surface area contributed by atoms with Crippen LogP contribution in [0.5, 0.6) is 0 Å². The van der Waals surface area contributed by atoms with Crippen molar-refractivity contribution in [3.8, 4) is 0 Å². The predicted molar refractivity (Wildman–Crippen MR) is 107 cm³/mol. The smallest absolute Gasteiger partial charge is 0.278 e. The van der Waals surface area contributed by atoms with Crippen LogP contribution in [0.15, 0.2) is 24.4 Å². The highest BCUT2D eigenvalue weighted by atomic mass is 32.1. The number of nitrogens with zero attached hydrogens (tertiary/aromatic N) is 5. The number of fused-ring (bicyclic) bond motifs is 1. The van der Waals surface area contributed by atoms with Gasteiger partial charge in [-0.15, -0.1) is 0 Å². The molecule has 0 fully saturated rings. The zero-order chi connectivity index (χ0) is 18.8. The third kappa shape index (κ3) is 3.64. The van der Waals surface area contributed by atoms with Gasteiger partial charge in [0.05, 0.1) is 10.2 Å². The molecule has 3 aromatic rings. The van der Waals surface area contributed by atoms with Crippen LogP contribution in [-0.2, 0) is 6.54 Å². The topological polar surface area (TPSA) is 54.3 Å². The first-order chi connectivity index (χ1) is 12.4. The van der Waals surface area contributed by atoms with Gasteiger partial charge in [0.25, 0.3) is 5.91 Å².